The maximum absolute atomic E-state index is 13.7. The molecule has 1 saturated heterocycles. The smallest absolute Gasteiger partial charge is 0.257 e. The molecule has 5 rings (SSSR count). The van der Waals surface area contributed by atoms with E-state index in [2.05, 4.69) is 5.10 Å². The summed E-state index contributed by atoms with van der Waals surface area (Å²) in [7, 11) is 1.78. The highest BCUT2D eigenvalue weighted by Gasteiger charge is 2.33. The van der Waals surface area contributed by atoms with Crippen molar-refractivity contribution < 1.29 is 14.0 Å². The molecule has 0 spiro atoms. The van der Waals surface area contributed by atoms with Gasteiger partial charge in [0, 0.05) is 49.9 Å². The Labute approximate surface area is 191 Å². The van der Waals surface area contributed by atoms with Crippen LogP contribution in [0.2, 0.25) is 0 Å². The molecule has 0 aliphatic carbocycles. The van der Waals surface area contributed by atoms with E-state index in [0.717, 1.165) is 17.7 Å². The molecular formula is C24H25FN6O2. The summed E-state index contributed by atoms with van der Waals surface area (Å²) in [5, 5.41) is 4.08. The Morgan fingerprint density at radius 2 is 2.09 bits per heavy atom. The first-order valence-electron chi connectivity index (χ1n) is 11.1. The molecule has 0 unspecified atom stereocenters. The third kappa shape index (κ3) is 4.10. The van der Waals surface area contributed by atoms with Gasteiger partial charge in [0.25, 0.3) is 5.91 Å². The van der Waals surface area contributed by atoms with E-state index in [4.69, 9.17) is 9.97 Å². The monoisotopic (exact) mass is 448 g/mol. The van der Waals surface area contributed by atoms with Crippen LogP contribution >= 0.6 is 0 Å². The fourth-order valence-electron chi connectivity index (χ4n) is 4.64. The Balaban J connectivity index is 1.41. The lowest BCUT2D eigenvalue weighted by Crippen LogP contribution is -2.36. The average Bonchev–Trinajstić information content (AvgIpc) is 3.45. The van der Waals surface area contributed by atoms with Crippen molar-refractivity contribution >= 4 is 17.6 Å². The number of benzene rings is 1. The third-order valence-corrected chi connectivity index (χ3v) is 6.38. The van der Waals surface area contributed by atoms with Crippen LogP contribution < -0.4 is 4.90 Å². The molecule has 2 aliphatic heterocycles. The molecule has 8 nitrogen and oxygen atoms in total. The molecule has 2 aromatic heterocycles. The van der Waals surface area contributed by atoms with Crippen LogP contribution in [0.4, 0.5) is 10.2 Å². The van der Waals surface area contributed by atoms with Gasteiger partial charge in [0.05, 0.1) is 18.3 Å². The highest BCUT2D eigenvalue weighted by molar-refractivity contribution is 5.95. The van der Waals surface area contributed by atoms with E-state index in [9.17, 15) is 14.0 Å². The van der Waals surface area contributed by atoms with Crippen LogP contribution in [0.15, 0.2) is 36.7 Å². The minimum atomic E-state index is -0.332. The Hall–Kier alpha value is -3.62. The minimum absolute atomic E-state index is 0.0114. The van der Waals surface area contributed by atoms with Gasteiger partial charge in [0.15, 0.2) is 0 Å². The standard InChI is InChI=1S/C24H25FN6O2/c1-15-20-6-7-21(32)31(12-16-4-3-5-19(25)10-16)23(20)28-22(27-15)17-8-9-30(14-17)24(33)18-11-26-29(2)13-18/h3-5,10-11,13,17H,6-9,12,14H2,1-2H3/t17-/m1/s1. The topological polar surface area (TPSA) is 84.2 Å². The normalized spacial score (nSPS) is 18.0. The first-order valence-corrected chi connectivity index (χ1v) is 11.1. The minimum Gasteiger partial charge on any atom is -0.338 e. The Morgan fingerprint density at radius 3 is 2.85 bits per heavy atom. The molecule has 0 saturated carbocycles. The Kier molecular flexibility index (Phi) is 5.39. The summed E-state index contributed by atoms with van der Waals surface area (Å²) in [4.78, 5) is 38.6. The molecule has 1 aromatic carbocycles. The van der Waals surface area contributed by atoms with E-state index in [-0.39, 0.29) is 30.1 Å². The van der Waals surface area contributed by atoms with Crippen LogP contribution in [0.3, 0.4) is 0 Å². The van der Waals surface area contributed by atoms with Gasteiger partial charge in [0.2, 0.25) is 5.91 Å². The fourth-order valence-corrected chi connectivity index (χ4v) is 4.64. The van der Waals surface area contributed by atoms with Crippen LogP contribution in [0.25, 0.3) is 0 Å². The molecule has 33 heavy (non-hydrogen) atoms. The number of hydrogen-bond donors (Lipinski definition) is 0. The van der Waals surface area contributed by atoms with Gasteiger partial charge in [-0.25, -0.2) is 14.4 Å². The van der Waals surface area contributed by atoms with Crippen molar-refractivity contribution in [2.45, 2.75) is 38.6 Å². The zero-order valence-corrected chi connectivity index (χ0v) is 18.7. The second-order valence-corrected chi connectivity index (χ2v) is 8.72. The molecule has 0 N–H and O–H groups in total. The van der Waals surface area contributed by atoms with Gasteiger partial charge in [0.1, 0.15) is 17.5 Å². The molecule has 2 amide bonds. The second kappa shape index (κ2) is 8.38. The lowest BCUT2D eigenvalue weighted by atomic mass is 10.0. The number of likely N-dealkylation sites (tertiary alicyclic amines) is 1. The van der Waals surface area contributed by atoms with Crippen molar-refractivity contribution in [2.24, 2.45) is 7.05 Å². The number of carbonyl (C=O) groups is 2. The van der Waals surface area contributed by atoms with Crippen molar-refractivity contribution in [2.75, 3.05) is 18.0 Å². The highest BCUT2D eigenvalue weighted by atomic mass is 19.1. The van der Waals surface area contributed by atoms with Crippen molar-refractivity contribution in [3.63, 3.8) is 0 Å². The number of halogens is 1. The first kappa shape index (κ1) is 21.2. The number of nitrogens with zero attached hydrogens (tertiary/aromatic N) is 6. The van der Waals surface area contributed by atoms with E-state index in [1.54, 1.807) is 46.1 Å². The molecule has 9 heteroatoms. The Bertz CT molecular complexity index is 1240. The fraction of sp³-hybridized carbons (Fsp3) is 0.375. The van der Waals surface area contributed by atoms with E-state index in [1.165, 1.54) is 12.1 Å². The summed E-state index contributed by atoms with van der Waals surface area (Å²) in [6, 6.07) is 6.27. The number of rotatable bonds is 4. The van der Waals surface area contributed by atoms with Gasteiger partial charge in [-0.3, -0.25) is 19.2 Å². The second-order valence-electron chi connectivity index (χ2n) is 8.72. The van der Waals surface area contributed by atoms with Gasteiger partial charge in [-0.2, -0.15) is 5.10 Å². The van der Waals surface area contributed by atoms with Gasteiger partial charge >= 0.3 is 0 Å². The van der Waals surface area contributed by atoms with E-state index < -0.39 is 0 Å². The maximum atomic E-state index is 13.7. The zero-order valence-electron chi connectivity index (χ0n) is 18.7. The SMILES string of the molecule is Cc1nc([C@@H]2CCN(C(=O)c3cnn(C)c3)C2)nc2c1CCC(=O)N2Cc1cccc(F)c1. The third-order valence-electron chi connectivity index (χ3n) is 6.38. The number of hydrogen-bond acceptors (Lipinski definition) is 5. The summed E-state index contributed by atoms with van der Waals surface area (Å²) in [6.07, 6.45) is 5.01. The molecule has 1 fully saturated rings. The van der Waals surface area contributed by atoms with Gasteiger partial charge < -0.3 is 4.90 Å². The number of amides is 2. The molecular weight excluding hydrogens is 423 g/mol. The molecule has 0 radical (unpaired) electrons. The van der Waals surface area contributed by atoms with Crippen molar-refractivity contribution in [1.82, 2.24) is 24.6 Å². The van der Waals surface area contributed by atoms with Crippen LogP contribution in [0, 0.1) is 12.7 Å². The number of anilines is 1. The zero-order chi connectivity index (χ0) is 23.1. The van der Waals surface area contributed by atoms with E-state index in [0.29, 0.717) is 48.7 Å². The van der Waals surface area contributed by atoms with Crippen LogP contribution in [0.5, 0.6) is 0 Å². The predicted molar refractivity (Wildman–Crippen MR) is 119 cm³/mol. The lowest BCUT2D eigenvalue weighted by Gasteiger charge is -2.30. The average molecular weight is 449 g/mol. The van der Waals surface area contributed by atoms with Crippen molar-refractivity contribution in [1.29, 1.82) is 0 Å². The van der Waals surface area contributed by atoms with Crippen LogP contribution in [-0.4, -0.2) is 49.6 Å². The maximum Gasteiger partial charge on any atom is 0.257 e. The number of aryl methyl sites for hydroxylation is 2. The number of aromatic nitrogens is 4. The number of carbonyl (C=O) groups excluding carboxylic acids is 2. The molecule has 170 valence electrons. The van der Waals surface area contributed by atoms with Gasteiger partial charge in [-0.15, -0.1) is 0 Å². The summed E-state index contributed by atoms with van der Waals surface area (Å²) < 4.78 is 15.3. The van der Waals surface area contributed by atoms with Gasteiger partial charge in [-0.05, 0) is 37.5 Å². The quantitative estimate of drug-likeness (QED) is 0.613. The summed E-state index contributed by atoms with van der Waals surface area (Å²) in [5.74, 6) is 0.823. The molecule has 3 aromatic rings. The summed E-state index contributed by atoms with van der Waals surface area (Å²) in [6.45, 7) is 3.33. The van der Waals surface area contributed by atoms with Crippen molar-refractivity contribution in [3.05, 3.63) is 70.7 Å². The van der Waals surface area contributed by atoms with Crippen LogP contribution in [-0.2, 0) is 24.8 Å². The lowest BCUT2D eigenvalue weighted by molar-refractivity contribution is -0.119. The predicted octanol–water partition coefficient (Wildman–Crippen LogP) is 2.77. The highest BCUT2D eigenvalue weighted by Crippen LogP contribution is 2.33. The van der Waals surface area contributed by atoms with Gasteiger partial charge in [-0.1, -0.05) is 12.1 Å². The molecule has 1 atom stereocenters. The van der Waals surface area contributed by atoms with E-state index >= 15 is 0 Å². The summed E-state index contributed by atoms with van der Waals surface area (Å²) in [5.41, 5.74) is 3.08. The molecule has 2 aliphatic rings. The molecule has 0 bridgehead atoms. The Morgan fingerprint density at radius 1 is 1.24 bits per heavy atom. The molecule has 4 heterocycles. The van der Waals surface area contributed by atoms with Crippen molar-refractivity contribution in [3.8, 4) is 0 Å². The number of fused-ring (bicyclic) bond motifs is 1. The van der Waals surface area contributed by atoms with Crippen LogP contribution in [0.1, 0.15) is 51.8 Å². The first-order chi connectivity index (χ1) is 15.9. The summed E-state index contributed by atoms with van der Waals surface area (Å²) >= 11 is 0. The van der Waals surface area contributed by atoms with E-state index in [1.807, 2.05) is 6.92 Å². The largest absolute Gasteiger partial charge is 0.338 e.